The minimum Gasteiger partial charge on any atom is -0.236 e. The first-order valence-electron chi connectivity index (χ1n) is 10.6. The van der Waals surface area contributed by atoms with E-state index in [1.165, 1.54) is 52.3 Å². The lowest BCUT2D eigenvalue weighted by molar-refractivity contribution is 1.48. The maximum Gasteiger partial charge on any atom is 0.124 e. The van der Waals surface area contributed by atoms with Crippen LogP contribution >= 0.6 is 22.7 Å². The third kappa shape index (κ3) is 2.72. The van der Waals surface area contributed by atoms with Crippen LogP contribution in [0.2, 0.25) is 0 Å². The number of hydrogen-bond acceptors (Lipinski definition) is 3. The number of fused-ring (bicyclic) bond motifs is 6. The van der Waals surface area contributed by atoms with Crippen molar-refractivity contribution in [3.05, 3.63) is 103 Å². The molecule has 0 aliphatic rings. The molecule has 0 N–H and O–H groups in total. The highest BCUT2D eigenvalue weighted by atomic mass is 32.1. The van der Waals surface area contributed by atoms with Gasteiger partial charge in [-0.2, -0.15) is 0 Å². The van der Waals surface area contributed by atoms with E-state index in [2.05, 4.69) is 97.1 Å². The number of thiazole rings is 1. The minimum atomic E-state index is 1.07. The molecule has 0 amide bonds. The van der Waals surface area contributed by atoms with Crippen LogP contribution in [-0.4, -0.2) is 4.98 Å². The van der Waals surface area contributed by atoms with Gasteiger partial charge in [-0.15, -0.1) is 22.7 Å². The first kappa shape index (κ1) is 18.1. The van der Waals surface area contributed by atoms with Crippen LogP contribution in [0.1, 0.15) is 0 Å². The molecule has 0 saturated carbocycles. The van der Waals surface area contributed by atoms with Gasteiger partial charge in [0.15, 0.2) is 0 Å². The van der Waals surface area contributed by atoms with E-state index in [1.54, 1.807) is 11.3 Å². The van der Waals surface area contributed by atoms with E-state index < -0.39 is 0 Å². The van der Waals surface area contributed by atoms with Crippen LogP contribution in [0.5, 0.6) is 0 Å². The van der Waals surface area contributed by atoms with Gasteiger partial charge < -0.3 is 0 Å². The summed E-state index contributed by atoms with van der Waals surface area (Å²) in [6.45, 7) is 0. The van der Waals surface area contributed by atoms with Crippen molar-refractivity contribution in [2.45, 2.75) is 0 Å². The monoisotopic (exact) mass is 443 g/mol. The van der Waals surface area contributed by atoms with Gasteiger partial charge in [0.2, 0.25) is 0 Å². The van der Waals surface area contributed by atoms with E-state index in [9.17, 15) is 0 Å². The molecule has 2 aromatic heterocycles. The molecule has 0 atom stereocenters. The van der Waals surface area contributed by atoms with Crippen molar-refractivity contribution >= 4 is 63.8 Å². The van der Waals surface area contributed by atoms with E-state index in [1.807, 2.05) is 17.4 Å². The Morgan fingerprint density at radius 3 is 2.28 bits per heavy atom. The first-order chi connectivity index (χ1) is 15.8. The van der Waals surface area contributed by atoms with E-state index in [-0.39, 0.29) is 0 Å². The zero-order chi connectivity index (χ0) is 21.1. The van der Waals surface area contributed by atoms with Crippen LogP contribution in [0.25, 0.3) is 62.9 Å². The molecule has 1 nitrogen and oxygen atoms in total. The Bertz CT molecular complexity index is 1770. The van der Waals surface area contributed by atoms with E-state index in [4.69, 9.17) is 4.98 Å². The molecule has 2 heterocycles. The molecule has 3 heteroatoms. The lowest BCUT2D eigenvalue weighted by Crippen LogP contribution is -1.80. The van der Waals surface area contributed by atoms with Crippen LogP contribution in [0.3, 0.4) is 0 Å². The number of hydrogen-bond donors (Lipinski definition) is 0. The normalized spacial score (nSPS) is 11.8. The number of benzene rings is 5. The lowest BCUT2D eigenvalue weighted by atomic mass is 9.99. The molecule has 0 saturated heterocycles. The van der Waals surface area contributed by atoms with E-state index in [0.29, 0.717) is 0 Å². The van der Waals surface area contributed by atoms with Crippen LogP contribution in [0.4, 0.5) is 0 Å². The maximum atomic E-state index is 4.93. The average Bonchev–Trinajstić information content (AvgIpc) is 3.46. The molecule has 7 rings (SSSR count). The Morgan fingerprint density at radius 1 is 0.531 bits per heavy atom. The van der Waals surface area contributed by atoms with Gasteiger partial charge in [0.05, 0.1) is 10.2 Å². The molecule has 150 valence electrons. The molecular formula is C29H17NS2. The quantitative estimate of drug-likeness (QED) is 0.259. The summed E-state index contributed by atoms with van der Waals surface area (Å²) in [5, 5.41) is 6.29. The van der Waals surface area contributed by atoms with Crippen molar-refractivity contribution in [2.75, 3.05) is 0 Å². The minimum absolute atomic E-state index is 1.07. The molecular weight excluding hydrogens is 426 g/mol. The topological polar surface area (TPSA) is 12.9 Å². The molecule has 0 radical (unpaired) electrons. The summed E-state index contributed by atoms with van der Waals surface area (Å²) in [5.74, 6) is 0. The van der Waals surface area contributed by atoms with Crippen molar-refractivity contribution < 1.29 is 0 Å². The summed E-state index contributed by atoms with van der Waals surface area (Å²) in [6, 6.07) is 37.0. The molecule has 0 bridgehead atoms. The standard InChI is InChI=1S/C29H17NS2/c1-2-7-19(8-3-1)29-30-25-16-15-18-13-14-20(17-24(18)28(25)32-29)21-10-6-11-23-22-9-4-5-12-26(22)31-27(21)23/h1-17H. The van der Waals surface area contributed by atoms with Gasteiger partial charge in [-0.25, -0.2) is 4.98 Å². The van der Waals surface area contributed by atoms with Gasteiger partial charge in [-0.1, -0.05) is 84.9 Å². The van der Waals surface area contributed by atoms with Crippen molar-refractivity contribution in [3.63, 3.8) is 0 Å². The fourth-order valence-corrected chi connectivity index (χ4v) is 6.89. The SMILES string of the molecule is c1ccc(-c2nc3ccc4ccc(-c5cccc6c5sc5ccccc56)cc4c3s2)cc1. The fraction of sp³-hybridized carbons (Fsp3) is 0. The average molecular weight is 444 g/mol. The highest BCUT2D eigenvalue weighted by molar-refractivity contribution is 7.26. The van der Waals surface area contributed by atoms with E-state index >= 15 is 0 Å². The summed E-state index contributed by atoms with van der Waals surface area (Å²) in [7, 11) is 0. The van der Waals surface area contributed by atoms with Gasteiger partial charge in [0.1, 0.15) is 5.01 Å². The first-order valence-corrected chi connectivity index (χ1v) is 12.3. The number of aromatic nitrogens is 1. The van der Waals surface area contributed by atoms with Crippen molar-refractivity contribution in [3.8, 4) is 21.7 Å². The summed E-state index contributed by atoms with van der Waals surface area (Å²) in [4.78, 5) is 4.93. The van der Waals surface area contributed by atoms with Crippen molar-refractivity contribution in [1.82, 2.24) is 4.98 Å². The van der Waals surface area contributed by atoms with Gasteiger partial charge in [-0.05, 0) is 34.7 Å². The Labute approximate surface area is 193 Å². The van der Waals surface area contributed by atoms with Crippen molar-refractivity contribution in [2.24, 2.45) is 0 Å². The Kier molecular flexibility index (Phi) is 3.95. The summed E-state index contributed by atoms with van der Waals surface area (Å²) < 4.78 is 3.95. The Balaban J connectivity index is 1.47. The van der Waals surface area contributed by atoms with Crippen LogP contribution < -0.4 is 0 Å². The zero-order valence-corrected chi connectivity index (χ0v) is 18.7. The van der Waals surface area contributed by atoms with Gasteiger partial charge in [0.25, 0.3) is 0 Å². The maximum absolute atomic E-state index is 4.93. The number of thiophene rings is 1. The van der Waals surface area contributed by atoms with Gasteiger partial charge >= 0.3 is 0 Å². The third-order valence-electron chi connectivity index (χ3n) is 6.11. The molecule has 0 aliphatic carbocycles. The molecule has 0 fully saturated rings. The predicted molar refractivity (Wildman–Crippen MR) is 141 cm³/mol. The Hall–Kier alpha value is -3.53. The molecule has 0 aliphatic heterocycles. The Morgan fingerprint density at radius 2 is 1.34 bits per heavy atom. The molecule has 0 unspecified atom stereocenters. The number of rotatable bonds is 2. The summed E-state index contributed by atoms with van der Waals surface area (Å²) in [5.41, 5.74) is 4.80. The van der Waals surface area contributed by atoms with E-state index in [0.717, 1.165) is 10.5 Å². The highest BCUT2D eigenvalue weighted by Gasteiger charge is 2.13. The predicted octanol–water partition coefficient (Wildman–Crippen LogP) is 9.15. The van der Waals surface area contributed by atoms with Crippen LogP contribution in [-0.2, 0) is 0 Å². The smallest absolute Gasteiger partial charge is 0.124 e. The molecule has 5 aromatic carbocycles. The molecule has 0 spiro atoms. The zero-order valence-electron chi connectivity index (χ0n) is 17.1. The second-order valence-electron chi connectivity index (χ2n) is 8.02. The number of nitrogens with zero attached hydrogens (tertiary/aromatic N) is 1. The largest absolute Gasteiger partial charge is 0.236 e. The highest BCUT2D eigenvalue weighted by Crippen LogP contribution is 2.41. The van der Waals surface area contributed by atoms with Gasteiger partial charge in [-0.3, -0.25) is 0 Å². The van der Waals surface area contributed by atoms with Gasteiger partial charge in [0, 0.05) is 31.1 Å². The van der Waals surface area contributed by atoms with Crippen LogP contribution in [0.15, 0.2) is 103 Å². The summed E-state index contributed by atoms with van der Waals surface area (Å²) >= 11 is 3.67. The fourth-order valence-electron chi connectivity index (χ4n) is 4.55. The molecule has 7 aromatic rings. The van der Waals surface area contributed by atoms with Crippen molar-refractivity contribution in [1.29, 1.82) is 0 Å². The second kappa shape index (κ2) is 6.99. The third-order valence-corrected chi connectivity index (χ3v) is 8.48. The lowest BCUT2D eigenvalue weighted by Gasteiger charge is -2.06. The van der Waals surface area contributed by atoms with Crippen LogP contribution in [0, 0.1) is 0 Å². The summed E-state index contributed by atoms with van der Waals surface area (Å²) in [6.07, 6.45) is 0. The second-order valence-corrected chi connectivity index (χ2v) is 10.1. The molecule has 32 heavy (non-hydrogen) atoms.